The van der Waals surface area contributed by atoms with E-state index >= 15 is 0 Å². The molecule has 7 N–H and O–H groups in total. The molecule has 204 valence electrons. The van der Waals surface area contributed by atoms with Crippen molar-refractivity contribution < 1.29 is 33.5 Å². The number of aromatic nitrogens is 4. The van der Waals surface area contributed by atoms with Crippen molar-refractivity contribution in [1.82, 2.24) is 30.4 Å². The quantitative estimate of drug-likeness (QED) is 0.193. The van der Waals surface area contributed by atoms with Crippen LogP contribution in [0.5, 0.6) is 0 Å². The second kappa shape index (κ2) is 10.9. The molecule has 0 spiro atoms. The Labute approximate surface area is 224 Å². The Hall–Kier alpha value is -5.73. The van der Waals surface area contributed by atoms with Crippen LogP contribution in [0.1, 0.15) is 64.6 Å². The molecule has 2 aromatic heterocycles. The fourth-order valence-electron chi connectivity index (χ4n) is 3.75. The monoisotopic (exact) mass is 548 g/mol. The van der Waals surface area contributed by atoms with Crippen LogP contribution in [-0.4, -0.2) is 54.5 Å². The minimum atomic E-state index is -1.40. The molecule has 2 heterocycles. The van der Waals surface area contributed by atoms with Gasteiger partial charge in [-0.2, -0.15) is 4.52 Å². The van der Waals surface area contributed by atoms with Gasteiger partial charge < -0.3 is 27.2 Å². The van der Waals surface area contributed by atoms with E-state index in [0.29, 0.717) is 11.1 Å². The van der Waals surface area contributed by atoms with Gasteiger partial charge in [-0.15, -0.1) is 5.10 Å². The highest BCUT2D eigenvalue weighted by atomic mass is 19.1. The Morgan fingerprint density at radius 1 is 1.02 bits per heavy atom. The first-order chi connectivity index (χ1) is 19.0. The number of amides is 4. The Morgan fingerprint density at radius 3 is 2.33 bits per heavy atom. The fourth-order valence-corrected chi connectivity index (χ4v) is 3.75. The van der Waals surface area contributed by atoms with E-state index in [2.05, 4.69) is 25.9 Å². The zero-order valence-corrected chi connectivity index (χ0v) is 20.7. The molecule has 0 fully saturated rings. The van der Waals surface area contributed by atoms with Gasteiger partial charge in [-0.05, 0) is 41.8 Å². The first-order valence-corrected chi connectivity index (χ1v) is 11.5. The number of carboxylic acids is 1. The van der Waals surface area contributed by atoms with E-state index < -0.39 is 52.8 Å². The van der Waals surface area contributed by atoms with E-state index in [0.717, 1.165) is 10.6 Å². The number of rotatable bonds is 9. The summed E-state index contributed by atoms with van der Waals surface area (Å²) in [4.78, 5) is 65.5. The maximum atomic E-state index is 13.6. The molecule has 15 heteroatoms. The SMILES string of the molecule is Cc1cc(CNC(=O)c2cc(C(=O)N[C@@H](C(N)=O)c3ccc(C(=O)O)cc3)nc3c(C(N)=O)nnn23)ccc1F. The molecule has 4 amide bonds. The van der Waals surface area contributed by atoms with E-state index in [1.165, 1.54) is 36.4 Å². The number of aryl methyl sites for hydroxylation is 1. The molecule has 2 aromatic carbocycles. The van der Waals surface area contributed by atoms with Crippen LogP contribution in [0.3, 0.4) is 0 Å². The summed E-state index contributed by atoms with van der Waals surface area (Å²) in [6, 6.07) is 9.00. The molecule has 1 atom stereocenters. The van der Waals surface area contributed by atoms with Crippen molar-refractivity contribution in [3.05, 3.63) is 93.7 Å². The van der Waals surface area contributed by atoms with Crippen LogP contribution < -0.4 is 22.1 Å². The van der Waals surface area contributed by atoms with Crippen molar-refractivity contribution in [2.24, 2.45) is 11.5 Å². The fraction of sp³-hybridized carbons (Fsp3) is 0.120. The molecule has 0 aliphatic rings. The third kappa shape index (κ3) is 5.57. The highest BCUT2D eigenvalue weighted by Crippen LogP contribution is 2.17. The van der Waals surface area contributed by atoms with Crippen molar-refractivity contribution in [3.63, 3.8) is 0 Å². The molecule has 0 radical (unpaired) electrons. The number of aromatic carboxylic acids is 1. The summed E-state index contributed by atoms with van der Waals surface area (Å²) in [5.41, 5.74) is 10.5. The van der Waals surface area contributed by atoms with Crippen molar-refractivity contribution >= 4 is 35.2 Å². The zero-order chi connectivity index (χ0) is 29.1. The molecule has 0 aliphatic heterocycles. The third-order valence-electron chi connectivity index (χ3n) is 5.80. The summed E-state index contributed by atoms with van der Waals surface area (Å²) in [6.45, 7) is 1.55. The van der Waals surface area contributed by atoms with E-state index in [1.807, 2.05) is 0 Å². The van der Waals surface area contributed by atoms with Gasteiger partial charge in [0.1, 0.15) is 23.2 Å². The molecule has 14 nitrogen and oxygen atoms in total. The summed E-state index contributed by atoms with van der Waals surface area (Å²) >= 11 is 0. The lowest BCUT2D eigenvalue weighted by atomic mass is 10.0. The number of carbonyl (C=O) groups excluding carboxylic acids is 4. The Kier molecular flexibility index (Phi) is 7.47. The van der Waals surface area contributed by atoms with Crippen LogP contribution in [0.25, 0.3) is 5.65 Å². The molecule has 0 bridgehead atoms. The molecule has 0 aliphatic carbocycles. The van der Waals surface area contributed by atoms with Crippen LogP contribution in [0.2, 0.25) is 0 Å². The molecule has 0 saturated heterocycles. The summed E-state index contributed by atoms with van der Waals surface area (Å²) in [7, 11) is 0. The number of nitrogens with one attached hydrogen (secondary N) is 2. The first kappa shape index (κ1) is 27.3. The molecule has 4 rings (SSSR count). The Bertz CT molecular complexity index is 1680. The smallest absolute Gasteiger partial charge is 0.335 e. The summed E-state index contributed by atoms with van der Waals surface area (Å²) in [6.07, 6.45) is 0. The van der Waals surface area contributed by atoms with Gasteiger partial charge in [0, 0.05) is 12.6 Å². The largest absolute Gasteiger partial charge is 0.478 e. The van der Waals surface area contributed by atoms with Gasteiger partial charge in [-0.25, -0.2) is 14.2 Å². The van der Waals surface area contributed by atoms with E-state index in [4.69, 9.17) is 16.6 Å². The van der Waals surface area contributed by atoms with Crippen LogP contribution in [-0.2, 0) is 11.3 Å². The van der Waals surface area contributed by atoms with Crippen molar-refractivity contribution in [2.45, 2.75) is 19.5 Å². The summed E-state index contributed by atoms with van der Waals surface area (Å²) < 4.78 is 14.5. The maximum Gasteiger partial charge on any atom is 0.335 e. The number of benzene rings is 2. The minimum absolute atomic E-state index is 0.0151. The van der Waals surface area contributed by atoms with Crippen LogP contribution in [0.15, 0.2) is 48.5 Å². The van der Waals surface area contributed by atoms with Crippen molar-refractivity contribution in [3.8, 4) is 0 Å². The number of hydrogen-bond acceptors (Lipinski definition) is 8. The number of nitrogens with two attached hydrogens (primary N) is 2. The second-order valence-corrected chi connectivity index (χ2v) is 8.57. The number of fused-ring (bicyclic) bond motifs is 1. The number of carbonyl (C=O) groups is 5. The number of nitrogens with zero attached hydrogens (tertiary/aromatic N) is 4. The van der Waals surface area contributed by atoms with E-state index in [9.17, 15) is 28.4 Å². The van der Waals surface area contributed by atoms with Crippen molar-refractivity contribution in [2.75, 3.05) is 0 Å². The number of primary amides is 2. The maximum absolute atomic E-state index is 13.6. The number of halogens is 1. The molecular weight excluding hydrogens is 527 g/mol. The minimum Gasteiger partial charge on any atom is -0.478 e. The average Bonchev–Trinajstić information content (AvgIpc) is 3.36. The molecular formula is C25H21FN8O6. The van der Waals surface area contributed by atoms with Gasteiger partial charge in [-0.3, -0.25) is 19.2 Å². The molecule has 0 saturated carbocycles. The molecule has 0 unspecified atom stereocenters. The normalized spacial score (nSPS) is 11.6. The third-order valence-corrected chi connectivity index (χ3v) is 5.80. The lowest BCUT2D eigenvalue weighted by molar-refractivity contribution is -0.120. The van der Waals surface area contributed by atoms with E-state index in [1.54, 1.807) is 13.0 Å². The highest BCUT2D eigenvalue weighted by molar-refractivity contribution is 6.02. The predicted octanol–water partition coefficient (Wildman–Crippen LogP) is 0.255. The lowest BCUT2D eigenvalue weighted by Crippen LogP contribution is -2.38. The summed E-state index contributed by atoms with van der Waals surface area (Å²) in [5.74, 6) is -5.30. The second-order valence-electron chi connectivity index (χ2n) is 8.57. The molecule has 4 aromatic rings. The van der Waals surface area contributed by atoms with E-state index in [-0.39, 0.29) is 29.0 Å². The number of carboxylic acid groups (broad SMARTS) is 1. The average molecular weight is 548 g/mol. The topological polar surface area (TPSA) is 225 Å². The van der Waals surface area contributed by atoms with Gasteiger partial charge >= 0.3 is 5.97 Å². The van der Waals surface area contributed by atoms with Gasteiger partial charge in [0.05, 0.1) is 5.56 Å². The van der Waals surface area contributed by atoms with Gasteiger partial charge in [-0.1, -0.05) is 29.5 Å². The first-order valence-electron chi connectivity index (χ1n) is 11.5. The zero-order valence-electron chi connectivity index (χ0n) is 20.7. The lowest BCUT2D eigenvalue weighted by Gasteiger charge is -2.16. The van der Waals surface area contributed by atoms with Crippen molar-refractivity contribution in [1.29, 1.82) is 0 Å². The van der Waals surface area contributed by atoms with Gasteiger partial charge in [0.15, 0.2) is 11.3 Å². The highest BCUT2D eigenvalue weighted by Gasteiger charge is 2.26. The van der Waals surface area contributed by atoms with Crippen LogP contribution in [0, 0.1) is 12.7 Å². The van der Waals surface area contributed by atoms with Gasteiger partial charge in [0.25, 0.3) is 17.7 Å². The number of hydrogen-bond donors (Lipinski definition) is 5. The van der Waals surface area contributed by atoms with Gasteiger partial charge in [0.2, 0.25) is 5.91 Å². The van der Waals surface area contributed by atoms with Crippen LogP contribution >= 0.6 is 0 Å². The molecule has 40 heavy (non-hydrogen) atoms. The Morgan fingerprint density at radius 2 is 1.73 bits per heavy atom. The standard InChI is InChI=1S/C25H21FN8O6/c1-11-8-12(2-7-15(11)26)10-29-24(38)17-9-16(30-22-19(21(28)36)32-33-34(17)22)23(37)31-18(20(27)35)13-3-5-14(6-4-13)25(39)40/h2-9,18H,10H2,1H3,(H2,27,35)(H2,28,36)(H,29,38)(H,31,37)(H,39,40)/t18-/m1/s1. The van der Waals surface area contributed by atoms with Crippen LogP contribution in [0.4, 0.5) is 4.39 Å². The Balaban J connectivity index is 1.67. The summed E-state index contributed by atoms with van der Waals surface area (Å²) in [5, 5.41) is 21.5. The predicted molar refractivity (Wildman–Crippen MR) is 134 cm³/mol.